The summed E-state index contributed by atoms with van der Waals surface area (Å²) in [6.07, 6.45) is 0. The molecule has 1 heterocycles. The van der Waals surface area contributed by atoms with Gasteiger partial charge in [-0.2, -0.15) is 0 Å². The Balaban J connectivity index is 2.88. The van der Waals surface area contributed by atoms with Crippen LogP contribution in [0, 0.1) is 13.8 Å². The van der Waals surface area contributed by atoms with E-state index in [2.05, 4.69) is 5.32 Å². The van der Waals surface area contributed by atoms with Gasteiger partial charge < -0.3 is 19.7 Å². The van der Waals surface area contributed by atoms with E-state index in [0.717, 1.165) is 17.1 Å². The molecule has 0 aliphatic heterocycles. The number of furan rings is 1. The summed E-state index contributed by atoms with van der Waals surface area (Å²) in [5, 5.41) is 12.1. The third-order valence-corrected chi connectivity index (χ3v) is 3.65. The first kappa shape index (κ1) is 17.1. The lowest BCUT2D eigenvalue weighted by Crippen LogP contribution is -2.56. The van der Waals surface area contributed by atoms with Crippen molar-refractivity contribution in [3.8, 4) is 0 Å². The highest BCUT2D eigenvalue weighted by atomic mass is 16.4. The van der Waals surface area contributed by atoms with Crippen LogP contribution in [0.15, 0.2) is 10.5 Å². The maximum absolute atomic E-state index is 12.3. The largest absolute Gasteiger partial charge is 0.480 e. The van der Waals surface area contributed by atoms with E-state index in [-0.39, 0.29) is 6.04 Å². The average molecular weight is 296 g/mol. The normalized spacial score (nSPS) is 12.9. The lowest BCUT2D eigenvalue weighted by molar-refractivity contribution is -0.147. The molecule has 6 heteroatoms. The molecule has 1 atom stereocenters. The summed E-state index contributed by atoms with van der Waals surface area (Å²) in [6, 6.07) is 1.21. The molecule has 0 bridgehead atoms. The molecular weight excluding hydrogens is 272 g/mol. The zero-order chi connectivity index (χ0) is 16.4. The Morgan fingerprint density at radius 1 is 1.43 bits per heavy atom. The molecule has 2 N–H and O–H groups in total. The molecule has 1 unspecified atom stereocenters. The standard InChI is InChI=1S/C15H24N2O4/c1-7-17(15(5,6)13(18)19)14(20)16-10(3)12-8-9(2)21-11(12)4/h8,10H,7H2,1-6H3,(H,16,20)(H,18,19). The van der Waals surface area contributed by atoms with Gasteiger partial charge in [-0.25, -0.2) is 9.59 Å². The molecule has 0 radical (unpaired) electrons. The molecule has 1 aromatic rings. The van der Waals surface area contributed by atoms with Crippen molar-refractivity contribution in [3.63, 3.8) is 0 Å². The van der Waals surface area contributed by atoms with Crippen molar-refractivity contribution < 1.29 is 19.1 Å². The number of carboxylic acids is 1. The van der Waals surface area contributed by atoms with E-state index in [1.807, 2.05) is 26.8 Å². The first-order valence-corrected chi connectivity index (χ1v) is 6.99. The zero-order valence-electron chi connectivity index (χ0n) is 13.5. The number of amides is 2. The number of likely N-dealkylation sites (N-methyl/N-ethyl adjacent to an activating group) is 1. The number of rotatable bonds is 5. The van der Waals surface area contributed by atoms with E-state index in [0.29, 0.717) is 6.54 Å². The van der Waals surface area contributed by atoms with Crippen LogP contribution >= 0.6 is 0 Å². The minimum Gasteiger partial charge on any atom is -0.480 e. The second kappa shape index (κ2) is 6.20. The van der Waals surface area contributed by atoms with Crippen molar-refractivity contribution in [3.05, 3.63) is 23.2 Å². The summed E-state index contributed by atoms with van der Waals surface area (Å²) in [5.41, 5.74) is -0.370. The van der Waals surface area contributed by atoms with E-state index in [1.54, 1.807) is 6.92 Å². The minimum absolute atomic E-state index is 0.256. The summed E-state index contributed by atoms with van der Waals surface area (Å²) in [7, 11) is 0. The molecule has 2 amide bonds. The van der Waals surface area contributed by atoms with Crippen LogP contribution in [0.25, 0.3) is 0 Å². The monoisotopic (exact) mass is 296 g/mol. The van der Waals surface area contributed by atoms with E-state index in [1.165, 1.54) is 18.7 Å². The number of carbonyl (C=O) groups is 2. The predicted molar refractivity (Wildman–Crippen MR) is 79.2 cm³/mol. The van der Waals surface area contributed by atoms with Crippen molar-refractivity contribution >= 4 is 12.0 Å². The molecule has 1 aromatic heterocycles. The summed E-state index contributed by atoms with van der Waals surface area (Å²) >= 11 is 0. The Kier molecular flexibility index (Phi) is 5.04. The van der Waals surface area contributed by atoms with Gasteiger partial charge >= 0.3 is 12.0 Å². The first-order valence-electron chi connectivity index (χ1n) is 6.99. The number of aliphatic carboxylic acids is 1. The van der Waals surface area contributed by atoms with Gasteiger partial charge in [0.15, 0.2) is 0 Å². The highest BCUT2D eigenvalue weighted by Crippen LogP contribution is 2.22. The van der Waals surface area contributed by atoms with Gasteiger partial charge in [-0.1, -0.05) is 0 Å². The fraction of sp³-hybridized carbons (Fsp3) is 0.600. The Labute approximate surface area is 125 Å². The fourth-order valence-electron chi connectivity index (χ4n) is 2.33. The maximum Gasteiger partial charge on any atom is 0.329 e. The molecule has 0 saturated carbocycles. The summed E-state index contributed by atoms with van der Waals surface area (Å²) in [5.74, 6) is 0.491. The summed E-state index contributed by atoms with van der Waals surface area (Å²) in [6.45, 7) is 10.6. The average Bonchev–Trinajstić information content (AvgIpc) is 2.68. The van der Waals surface area contributed by atoms with Crippen molar-refractivity contribution in [2.24, 2.45) is 0 Å². The van der Waals surface area contributed by atoms with Gasteiger partial charge in [0.2, 0.25) is 0 Å². The second-order valence-corrected chi connectivity index (χ2v) is 5.65. The fourth-order valence-corrected chi connectivity index (χ4v) is 2.33. The SMILES string of the molecule is CCN(C(=O)NC(C)c1cc(C)oc1C)C(C)(C)C(=O)O. The van der Waals surface area contributed by atoms with Gasteiger partial charge in [-0.15, -0.1) is 0 Å². The molecular formula is C15H24N2O4. The smallest absolute Gasteiger partial charge is 0.329 e. The van der Waals surface area contributed by atoms with Gasteiger partial charge in [0.1, 0.15) is 17.1 Å². The number of nitrogens with one attached hydrogen (secondary N) is 1. The van der Waals surface area contributed by atoms with Crippen molar-refractivity contribution in [1.82, 2.24) is 10.2 Å². The van der Waals surface area contributed by atoms with Gasteiger partial charge in [0, 0.05) is 12.1 Å². The van der Waals surface area contributed by atoms with Gasteiger partial charge in [0.05, 0.1) is 6.04 Å². The number of urea groups is 1. The molecule has 0 fully saturated rings. The molecule has 6 nitrogen and oxygen atoms in total. The number of aryl methyl sites for hydroxylation is 2. The van der Waals surface area contributed by atoms with Crippen LogP contribution in [0.3, 0.4) is 0 Å². The Hall–Kier alpha value is -1.98. The predicted octanol–water partition coefficient (Wildman–Crippen LogP) is 2.85. The second-order valence-electron chi connectivity index (χ2n) is 5.65. The van der Waals surface area contributed by atoms with Gasteiger partial charge in [-0.3, -0.25) is 0 Å². The van der Waals surface area contributed by atoms with Crippen molar-refractivity contribution in [2.75, 3.05) is 6.54 Å². The van der Waals surface area contributed by atoms with Crippen LogP contribution in [-0.2, 0) is 4.79 Å². The third kappa shape index (κ3) is 3.56. The van der Waals surface area contributed by atoms with Crippen molar-refractivity contribution in [1.29, 1.82) is 0 Å². The van der Waals surface area contributed by atoms with Crippen LogP contribution in [0.5, 0.6) is 0 Å². The highest BCUT2D eigenvalue weighted by molar-refractivity contribution is 5.85. The van der Waals surface area contributed by atoms with Crippen LogP contribution in [-0.4, -0.2) is 34.1 Å². The lowest BCUT2D eigenvalue weighted by Gasteiger charge is -2.35. The number of hydrogen-bond acceptors (Lipinski definition) is 3. The molecule has 21 heavy (non-hydrogen) atoms. The number of nitrogens with zero attached hydrogens (tertiary/aromatic N) is 1. The quantitative estimate of drug-likeness (QED) is 0.875. The topological polar surface area (TPSA) is 82.8 Å². The molecule has 0 aliphatic carbocycles. The molecule has 0 aromatic carbocycles. The van der Waals surface area contributed by atoms with E-state index in [9.17, 15) is 14.7 Å². The van der Waals surface area contributed by atoms with Crippen LogP contribution < -0.4 is 5.32 Å². The molecule has 118 valence electrons. The minimum atomic E-state index is -1.26. The van der Waals surface area contributed by atoms with Gasteiger partial charge in [-0.05, 0) is 47.6 Å². The molecule has 0 spiro atoms. The zero-order valence-corrected chi connectivity index (χ0v) is 13.5. The maximum atomic E-state index is 12.3. The van der Waals surface area contributed by atoms with E-state index < -0.39 is 17.5 Å². The lowest BCUT2D eigenvalue weighted by atomic mass is 10.0. The highest BCUT2D eigenvalue weighted by Gasteiger charge is 2.37. The number of carboxylic acid groups (broad SMARTS) is 1. The summed E-state index contributed by atoms with van der Waals surface area (Å²) < 4.78 is 5.45. The molecule has 0 aliphatic rings. The number of carbonyl (C=O) groups excluding carboxylic acids is 1. The van der Waals surface area contributed by atoms with E-state index in [4.69, 9.17) is 4.42 Å². The van der Waals surface area contributed by atoms with Gasteiger partial charge in [0.25, 0.3) is 0 Å². The Bertz CT molecular complexity index is 534. The molecule has 0 saturated heterocycles. The third-order valence-electron chi connectivity index (χ3n) is 3.65. The molecule has 1 rings (SSSR count). The summed E-state index contributed by atoms with van der Waals surface area (Å²) in [4.78, 5) is 25.0. The van der Waals surface area contributed by atoms with E-state index >= 15 is 0 Å². The van der Waals surface area contributed by atoms with Crippen LogP contribution in [0.2, 0.25) is 0 Å². The first-order chi connectivity index (χ1) is 9.61. The number of hydrogen-bond donors (Lipinski definition) is 2. The van der Waals surface area contributed by atoms with Crippen molar-refractivity contribution in [2.45, 2.75) is 53.1 Å². The Morgan fingerprint density at radius 3 is 2.38 bits per heavy atom. The van der Waals surface area contributed by atoms with Crippen LogP contribution in [0.1, 0.15) is 50.8 Å². The van der Waals surface area contributed by atoms with Crippen LogP contribution in [0.4, 0.5) is 4.79 Å². The Morgan fingerprint density at radius 2 is 2.00 bits per heavy atom.